The van der Waals surface area contributed by atoms with Gasteiger partial charge in [-0.2, -0.15) is 10.0 Å². The van der Waals surface area contributed by atoms with E-state index in [9.17, 15) is 4.91 Å². The molecule has 0 aromatic heterocycles. The zero-order chi connectivity index (χ0) is 10.6. The van der Waals surface area contributed by atoms with Gasteiger partial charge in [0, 0.05) is 19.6 Å². The van der Waals surface area contributed by atoms with Crippen molar-refractivity contribution in [3.8, 4) is 0 Å². The molecule has 0 saturated heterocycles. The molecule has 3 N–H and O–H groups in total. The first kappa shape index (κ1) is 12.9. The highest BCUT2D eigenvalue weighted by molar-refractivity contribution is 4.59. The van der Waals surface area contributed by atoms with Gasteiger partial charge in [0.05, 0.1) is 19.7 Å². The lowest BCUT2D eigenvalue weighted by atomic mass is 10.3. The monoisotopic (exact) mass is 203 g/mol. The van der Waals surface area contributed by atoms with Gasteiger partial charge in [-0.05, 0) is 6.42 Å². The Bertz CT molecular complexity index is 164. The number of aliphatic hydroxyl groups is 1. The molecule has 7 nitrogen and oxygen atoms in total. The Kier molecular flexibility index (Phi) is 9.23. The van der Waals surface area contributed by atoms with Crippen LogP contribution >= 0.6 is 0 Å². The molecule has 0 heterocycles. The normalized spacial score (nSPS) is 11.3. The van der Waals surface area contributed by atoms with Crippen LogP contribution in [0.3, 0.4) is 0 Å². The summed E-state index contributed by atoms with van der Waals surface area (Å²) >= 11 is 0. The van der Waals surface area contributed by atoms with Gasteiger partial charge < -0.3 is 10.9 Å². The number of aliphatic hydroxyl groups excluding tert-OH is 1. The van der Waals surface area contributed by atoms with Gasteiger partial charge in [-0.15, -0.1) is 0 Å². The number of nitrogens with two attached hydrogens (primary N) is 1. The van der Waals surface area contributed by atoms with Crippen LogP contribution in [0.4, 0.5) is 0 Å². The second-order valence-corrected chi connectivity index (χ2v) is 2.75. The van der Waals surface area contributed by atoms with E-state index >= 15 is 0 Å². The minimum atomic E-state index is 0.0806. The molecule has 0 atom stereocenters. The average molecular weight is 203 g/mol. The second kappa shape index (κ2) is 10.0. The minimum Gasteiger partial charge on any atom is -0.395 e. The van der Waals surface area contributed by atoms with Crippen LogP contribution < -0.4 is 5.84 Å². The Labute approximate surface area is 82.9 Å². The van der Waals surface area contributed by atoms with Gasteiger partial charge in [0.2, 0.25) is 0 Å². The number of nitrogens with zero attached hydrogens (tertiary/aromatic N) is 4. The van der Waals surface area contributed by atoms with Crippen molar-refractivity contribution in [3.63, 3.8) is 0 Å². The summed E-state index contributed by atoms with van der Waals surface area (Å²) in [7, 11) is 0. The summed E-state index contributed by atoms with van der Waals surface area (Å²) in [5.74, 6) is 4.83. The van der Waals surface area contributed by atoms with Gasteiger partial charge in [-0.3, -0.25) is 4.90 Å². The molecule has 0 aliphatic rings. The number of hydrogen-bond acceptors (Lipinski definition) is 6. The molecule has 14 heavy (non-hydrogen) atoms. The number of rotatable bonds is 9. The number of nitroso groups, excluding NO2 is 1. The van der Waals surface area contributed by atoms with Crippen LogP contribution in [0, 0.1) is 4.91 Å². The molecular weight excluding hydrogens is 186 g/mol. The molecule has 82 valence electrons. The average Bonchev–Trinajstić information content (AvgIpc) is 2.20. The van der Waals surface area contributed by atoms with E-state index in [4.69, 9.17) is 10.9 Å². The van der Waals surface area contributed by atoms with Crippen molar-refractivity contribution >= 4 is 0 Å². The van der Waals surface area contributed by atoms with Gasteiger partial charge in [0.1, 0.15) is 0 Å². The van der Waals surface area contributed by atoms with Crippen LogP contribution in [0.5, 0.6) is 0 Å². The fourth-order valence-electron chi connectivity index (χ4n) is 1.08. The molecule has 0 aliphatic heterocycles. The molecular formula is C7H17N5O2. The summed E-state index contributed by atoms with van der Waals surface area (Å²) in [6.45, 7) is 2.77. The van der Waals surface area contributed by atoms with Crippen molar-refractivity contribution in [2.24, 2.45) is 21.4 Å². The van der Waals surface area contributed by atoms with Crippen molar-refractivity contribution in [1.29, 1.82) is 0 Å². The van der Waals surface area contributed by atoms with E-state index in [1.165, 1.54) is 0 Å². The quantitative estimate of drug-likeness (QED) is 0.177. The highest BCUT2D eigenvalue weighted by Gasteiger charge is 2.02. The van der Waals surface area contributed by atoms with E-state index in [-0.39, 0.29) is 13.2 Å². The van der Waals surface area contributed by atoms with Crippen LogP contribution in [0.1, 0.15) is 6.42 Å². The summed E-state index contributed by atoms with van der Waals surface area (Å²) in [5.41, 5.74) is 0. The van der Waals surface area contributed by atoms with Crippen molar-refractivity contribution in [2.45, 2.75) is 6.42 Å². The molecule has 0 amide bonds. The summed E-state index contributed by atoms with van der Waals surface area (Å²) in [6, 6.07) is 0. The molecule has 0 spiro atoms. The van der Waals surface area contributed by atoms with E-state index in [1.807, 2.05) is 4.90 Å². The third kappa shape index (κ3) is 7.56. The molecule has 0 saturated carbocycles. The van der Waals surface area contributed by atoms with Gasteiger partial charge in [-0.25, -0.2) is 0 Å². The van der Waals surface area contributed by atoms with E-state index in [1.54, 1.807) is 0 Å². The predicted octanol–water partition coefficient (Wildman–Crippen LogP) is -0.237. The summed E-state index contributed by atoms with van der Waals surface area (Å²) in [6.07, 6.45) is 0.805. The zero-order valence-corrected chi connectivity index (χ0v) is 8.17. The fourth-order valence-corrected chi connectivity index (χ4v) is 1.08. The molecule has 0 rings (SSSR count). The topological polar surface area (TPSA) is 104 Å². The first-order valence-electron chi connectivity index (χ1n) is 4.54. The third-order valence-corrected chi connectivity index (χ3v) is 1.74. The van der Waals surface area contributed by atoms with Crippen LogP contribution in [-0.2, 0) is 0 Å². The predicted molar refractivity (Wildman–Crippen MR) is 52.7 cm³/mol. The molecule has 0 radical (unpaired) electrons. The molecule has 0 unspecified atom stereocenters. The Balaban J connectivity index is 3.55. The van der Waals surface area contributed by atoms with Crippen molar-refractivity contribution in [2.75, 3.05) is 39.3 Å². The second-order valence-electron chi connectivity index (χ2n) is 2.75. The maximum atomic E-state index is 9.90. The Morgan fingerprint density at radius 3 is 2.57 bits per heavy atom. The van der Waals surface area contributed by atoms with Crippen molar-refractivity contribution < 1.29 is 5.11 Å². The van der Waals surface area contributed by atoms with E-state index in [0.29, 0.717) is 19.6 Å². The Morgan fingerprint density at radius 1 is 1.21 bits per heavy atom. The summed E-state index contributed by atoms with van der Waals surface area (Å²) < 4.78 is 0. The maximum Gasteiger partial charge on any atom is 0.0938 e. The SMILES string of the molecule is NN=NCCCN(CCO)CCN=O. The smallest absolute Gasteiger partial charge is 0.0938 e. The van der Waals surface area contributed by atoms with Gasteiger partial charge in [0.25, 0.3) is 0 Å². The summed E-state index contributed by atoms with van der Waals surface area (Å²) in [4.78, 5) is 11.9. The third-order valence-electron chi connectivity index (χ3n) is 1.74. The molecule has 0 aromatic carbocycles. The molecule has 0 fully saturated rings. The van der Waals surface area contributed by atoms with Gasteiger partial charge in [0.15, 0.2) is 0 Å². The maximum absolute atomic E-state index is 9.90. The molecule has 0 aromatic rings. The highest BCUT2D eigenvalue weighted by Crippen LogP contribution is 1.92. The number of hydrogen-bond donors (Lipinski definition) is 2. The highest BCUT2D eigenvalue weighted by atomic mass is 16.3. The largest absolute Gasteiger partial charge is 0.395 e. The lowest BCUT2D eigenvalue weighted by molar-refractivity contribution is 0.198. The lowest BCUT2D eigenvalue weighted by Crippen LogP contribution is -2.30. The molecule has 0 bridgehead atoms. The minimum absolute atomic E-state index is 0.0806. The lowest BCUT2D eigenvalue weighted by Gasteiger charge is -2.18. The first-order valence-corrected chi connectivity index (χ1v) is 4.54. The van der Waals surface area contributed by atoms with E-state index in [2.05, 4.69) is 15.5 Å². The molecule has 0 aliphatic carbocycles. The summed E-state index contributed by atoms with van der Waals surface area (Å²) in [5, 5.41) is 18.2. The van der Waals surface area contributed by atoms with Crippen molar-refractivity contribution in [3.05, 3.63) is 4.91 Å². The standard InChI is InChI=1S/C7H17N5O2/c8-11-9-2-1-4-12(6-7-13)5-3-10-14/h13H,1-7H2,(H2,8,9). The first-order chi connectivity index (χ1) is 6.85. The van der Waals surface area contributed by atoms with Crippen LogP contribution in [0.15, 0.2) is 15.5 Å². The van der Waals surface area contributed by atoms with E-state index in [0.717, 1.165) is 13.0 Å². The molecule has 7 heteroatoms. The van der Waals surface area contributed by atoms with Crippen LogP contribution in [0.2, 0.25) is 0 Å². The van der Waals surface area contributed by atoms with Crippen LogP contribution in [0.25, 0.3) is 0 Å². The fraction of sp³-hybridized carbons (Fsp3) is 1.00. The van der Waals surface area contributed by atoms with Crippen LogP contribution in [-0.4, -0.2) is 49.3 Å². The van der Waals surface area contributed by atoms with Gasteiger partial charge >= 0.3 is 0 Å². The van der Waals surface area contributed by atoms with Crippen molar-refractivity contribution in [1.82, 2.24) is 4.90 Å². The Morgan fingerprint density at radius 2 is 2.00 bits per heavy atom. The van der Waals surface area contributed by atoms with Gasteiger partial charge in [-0.1, -0.05) is 10.4 Å². The van der Waals surface area contributed by atoms with E-state index < -0.39 is 0 Å². The Hall–Kier alpha value is -1.08. The zero-order valence-electron chi connectivity index (χ0n) is 8.17.